The van der Waals surface area contributed by atoms with Gasteiger partial charge in [0.15, 0.2) is 5.69 Å². The van der Waals surface area contributed by atoms with Crippen molar-refractivity contribution in [1.29, 1.82) is 0 Å². The number of alkyl halides is 3. The highest BCUT2D eigenvalue weighted by Gasteiger charge is 2.43. The highest BCUT2D eigenvalue weighted by atomic mass is 19.4. The molecule has 6 nitrogen and oxygen atoms in total. The molecule has 9 heteroatoms. The van der Waals surface area contributed by atoms with Crippen LogP contribution in [0.5, 0.6) is 0 Å². The second-order valence-electron chi connectivity index (χ2n) is 8.38. The van der Waals surface area contributed by atoms with E-state index in [-0.39, 0.29) is 24.1 Å². The van der Waals surface area contributed by atoms with E-state index in [1.54, 1.807) is 38.8 Å². The highest BCUT2D eigenvalue weighted by Crippen LogP contribution is 2.36. The second kappa shape index (κ2) is 8.48. The minimum absolute atomic E-state index is 0.0355. The Bertz CT molecular complexity index is 1380. The van der Waals surface area contributed by atoms with Crippen LogP contribution in [0.25, 0.3) is 22.8 Å². The summed E-state index contributed by atoms with van der Waals surface area (Å²) in [5, 5.41) is 8.93. The predicted octanol–water partition coefficient (Wildman–Crippen LogP) is 4.78. The van der Waals surface area contributed by atoms with E-state index in [4.69, 9.17) is 0 Å². The molecule has 0 aliphatic carbocycles. The zero-order valence-electron chi connectivity index (χ0n) is 18.4. The molecule has 1 aliphatic heterocycles. The average molecular weight is 465 g/mol. The van der Waals surface area contributed by atoms with Crippen molar-refractivity contribution in [1.82, 2.24) is 19.6 Å². The summed E-state index contributed by atoms with van der Waals surface area (Å²) in [4.78, 5) is 14.5. The van der Waals surface area contributed by atoms with Gasteiger partial charge in [0, 0.05) is 31.0 Å². The van der Waals surface area contributed by atoms with E-state index in [1.165, 1.54) is 6.07 Å². The van der Waals surface area contributed by atoms with Crippen molar-refractivity contribution in [3.8, 4) is 22.8 Å². The number of hydrogen-bond donors (Lipinski definition) is 0. The molecule has 1 aliphatic rings. The van der Waals surface area contributed by atoms with Crippen LogP contribution >= 0.6 is 0 Å². The van der Waals surface area contributed by atoms with Gasteiger partial charge >= 0.3 is 6.18 Å². The molecule has 0 amide bonds. The van der Waals surface area contributed by atoms with Gasteiger partial charge in [0.05, 0.1) is 29.2 Å². The fourth-order valence-corrected chi connectivity index (χ4v) is 4.33. The van der Waals surface area contributed by atoms with Crippen molar-refractivity contribution < 1.29 is 13.2 Å². The lowest BCUT2D eigenvalue weighted by Gasteiger charge is -2.21. The van der Waals surface area contributed by atoms with E-state index in [0.717, 1.165) is 22.6 Å². The molecule has 0 radical (unpaired) electrons. The smallest absolute Gasteiger partial charge is 0.371 e. The topological polar surface area (TPSA) is 56.0 Å². The quantitative estimate of drug-likeness (QED) is 0.435. The van der Waals surface area contributed by atoms with Crippen LogP contribution in [-0.2, 0) is 0 Å². The molecule has 174 valence electrons. The third-order valence-corrected chi connectivity index (χ3v) is 6.14. The molecule has 0 spiro atoms. The molecule has 1 atom stereocenters. The Morgan fingerprint density at radius 2 is 1.79 bits per heavy atom. The molecule has 0 saturated carbocycles. The molecule has 0 N–H and O–H groups in total. The van der Waals surface area contributed by atoms with Gasteiger partial charge in [-0.25, -0.2) is 9.36 Å². The Morgan fingerprint density at radius 1 is 1.00 bits per heavy atom. The number of aromatic nitrogens is 4. The summed E-state index contributed by atoms with van der Waals surface area (Å²) in [6.45, 7) is 2.21. The highest BCUT2D eigenvalue weighted by molar-refractivity contribution is 5.59. The van der Waals surface area contributed by atoms with Crippen molar-refractivity contribution in [2.24, 2.45) is 5.92 Å². The summed E-state index contributed by atoms with van der Waals surface area (Å²) in [6.07, 6.45) is -0.867. The molecule has 3 heterocycles. The molecule has 2 aromatic heterocycles. The summed E-state index contributed by atoms with van der Waals surface area (Å²) in [5.41, 5.74) is 3.71. The maximum atomic E-state index is 13.1. The predicted molar refractivity (Wildman–Crippen MR) is 124 cm³/mol. The van der Waals surface area contributed by atoms with Crippen molar-refractivity contribution in [2.45, 2.75) is 19.5 Å². The van der Waals surface area contributed by atoms with Gasteiger partial charge in [-0.15, -0.1) is 0 Å². The van der Waals surface area contributed by atoms with Gasteiger partial charge in [-0.3, -0.25) is 4.79 Å². The number of halogens is 3. The summed E-state index contributed by atoms with van der Waals surface area (Å²) >= 11 is 0. The van der Waals surface area contributed by atoms with Crippen molar-refractivity contribution in [2.75, 3.05) is 18.0 Å². The first-order chi connectivity index (χ1) is 16.3. The normalized spacial score (nSPS) is 16.2. The molecule has 2 aromatic carbocycles. The maximum absolute atomic E-state index is 13.1. The monoisotopic (exact) mass is 465 g/mol. The minimum atomic E-state index is -4.17. The summed E-state index contributed by atoms with van der Waals surface area (Å²) in [6, 6.07) is 18.1. The number of rotatable bonds is 4. The summed E-state index contributed by atoms with van der Waals surface area (Å²) < 4.78 is 42.5. The van der Waals surface area contributed by atoms with Gasteiger partial charge < -0.3 is 4.90 Å². The van der Waals surface area contributed by atoms with Crippen LogP contribution < -0.4 is 10.3 Å². The van der Waals surface area contributed by atoms with Crippen LogP contribution in [0.15, 0.2) is 77.9 Å². The third-order valence-electron chi connectivity index (χ3n) is 6.14. The molecular formula is C25H22F3N5O. The first-order valence-electron chi connectivity index (χ1n) is 10.9. The van der Waals surface area contributed by atoms with Crippen LogP contribution in [-0.4, -0.2) is 38.8 Å². The Morgan fingerprint density at radius 3 is 2.50 bits per heavy atom. The van der Waals surface area contributed by atoms with Crippen LogP contribution in [0.3, 0.4) is 0 Å². The van der Waals surface area contributed by atoms with E-state index < -0.39 is 12.1 Å². The Hall–Kier alpha value is -3.88. The summed E-state index contributed by atoms with van der Waals surface area (Å²) in [7, 11) is 0. The third kappa shape index (κ3) is 4.09. The molecule has 0 bridgehead atoms. The van der Waals surface area contributed by atoms with E-state index in [0.29, 0.717) is 12.2 Å². The zero-order chi connectivity index (χ0) is 23.9. The van der Waals surface area contributed by atoms with Crippen molar-refractivity contribution >= 4 is 5.69 Å². The summed E-state index contributed by atoms with van der Waals surface area (Å²) in [5.74, 6) is -1.30. The fourth-order valence-electron chi connectivity index (χ4n) is 4.33. The molecule has 1 fully saturated rings. The number of anilines is 1. The van der Waals surface area contributed by atoms with Gasteiger partial charge in [0.25, 0.3) is 0 Å². The second-order valence-corrected chi connectivity index (χ2v) is 8.38. The lowest BCUT2D eigenvalue weighted by molar-refractivity contribution is -0.168. The lowest BCUT2D eigenvalue weighted by Crippen LogP contribution is -2.27. The molecule has 34 heavy (non-hydrogen) atoms. The van der Waals surface area contributed by atoms with E-state index in [9.17, 15) is 18.0 Å². The molecule has 1 unspecified atom stereocenters. The average Bonchev–Trinajstić information content (AvgIpc) is 3.50. The zero-order valence-corrected chi connectivity index (χ0v) is 18.4. The number of hydrogen-bond acceptors (Lipinski definition) is 4. The van der Waals surface area contributed by atoms with Crippen LogP contribution in [0.1, 0.15) is 12.0 Å². The van der Waals surface area contributed by atoms with Gasteiger partial charge in [-0.1, -0.05) is 18.2 Å². The van der Waals surface area contributed by atoms with E-state index in [1.807, 2.05) is 49.4 Å². The number of aryl methyl sites for hydroxylation is 1. The molecule has 1 saturated heterocycles. The van der Waals surface area contributed by atoms with Gasteiger partial charge in [0.1, 0.15) is 0 Å². The molecule has 4 aromatic rings. The number of nitrogens with zero attached hydrogens (tertiary/aromatic N) is 5. The van der Waals surface area contributed by atoms with Crippen LogP contribution in [0.4, 0.5) is 18.9 Å². The largest absolute Gasteiger partial charge is 0.393 e. The lowest BCUT2D eigenvalue weighted by atomic mass is 10.1. The standard InChI is InChI=1S/C25H22F3N5O/c1-17-15-20(31-13-10-18(16-31)25(26,27)28)7-8-21(17)32-14-11-23(34)24(30-32)22-9-12-29-33(22)19-5-3-2-4-6-19/h2-9,11-12,14-15,18H,10,13,16H2,1H3. The van der Waals surface area contributed by atoms with Crippen molar-refractivity contribution in [3.05, 3.63) is 88.8 Å². The van der Waals surface area contributed by atoms with Crippen LogP contribution in [0.2, 0.25) is 0 Å². The van der Waals surface area contributed by atoms with Gasteiger partial charge in [-0.05, 0) is 55.3 Å². The maximum Gasteiger partial charge on any atom is 0.393 e. The first kappa shape index (κ1) is 21.9. The molecule has 5 rings (SSSR count). The van der Waals surface area contributed by atoms with Gasteiger partial charge in [0.2, 0.25) is 5.43 Å². The van der Waals surface area contributed by atoms with Crippen molar-refractivity contribution in [3.63, 3.8) is 0 Å². The number of para-hydroxylation sites is 1. The van der Waals surface area contributed by atoms with E-state index in [2.05, 4.69) is 10.2 Å². The Kier molecular flexibility index (Phi) is 5.47. The fraction of sp³-hybridized carbons (Fsp3) is 0.240. The number of benzene rings is 2. The Labute approximate surface area is 193 Å². The Balaban J connectivity index is 1.47. The first-order valence-corrected chi connectivity index (χ1v) is 10.9. The van der Waals surface area contributed by atoms with E-state index >= 15 is 0 Å². The van der Waals surface area contributed by atoms with Gasteiger partial charge in [-0.2, -0.15) is 23.4 Å². The SMILES string of the molecule is Cc1cc(N2CCC(C(F)(F)F)C2)ccc1-n1ccc(=O)c(-c2ccnn2-c2ccccc2)n1. The minimum Gasteiger partial charge on any atom is -0.371 e. The molecular weight excluding hydrogens is 443 g/mol. The van der Waals surface area contributed by atoms with Crippen LogP contribution in [0, 0.1) is 12.8 Å².